The van der Waals surface area contributed by atoms with Crippen molar-refractivity contribution >= 4 is 5.69 Å². The molecular weight excluding hydrogens is 232 g/mol. The number of nitrogens with two attached hydrogens (primary N) is 1. The molecule has 2 N–H and O–H groups in total. The summed E-state index contributed by atoms with van der Waals surface area (Å²) in [4.78, 5) is 2.65. The van der Waals surface area contributed by atoms with E-state index in [4.69, 9.17) is 5.73 Å². The molecule has 0 bridgehead atoms. The number of nitrogens with zero attached hydrogens (tertiary/aromatic N) is 1. The first-order valence-electron chi connectivity index (χ1n) is 7.81. The fourth-order valence-corrected chi connectivity index (χ4v) is 3.32. The molecule has 1 aliphatic rings. The highest BCUT2D eigenvalue weighted by molar-refractivity contribution is 5.39. The molecule has 0 aliphatic heterocycles. The predicted molar refractivity (Wildman–Crippen MR) is 83.0 cm³/mol. The van der Waals surface area contributed by atoms with Gasteiger partial charge in [0.1, 0.15) is 0 Å². The lowest BCUT2D eigenvalue weighted by atomic mass is 9.83. The minimum Gasteiger partial charge on any atom is -0.399 e. The molecule has 0 saturated heterocycles. The van der Waals surface area contributed by atoms with Crippen LogP contribution in [0.4, 0.5) is 5.69 Å². The molecule has 1 fully saturated rings. The van der Waals surface area contributed by atoms with Crippen LogP contribution in [0.2, 0.25) is 0 Å². The van der Waals surface area contributed by atoms with Gasteiger partial charge in [0.05, 0.1) is 0 Å². The van der Waals surface area contributed by atoms with Crippen LogP contribution in [0.15, 0.2) is 24.3 Å². The van der Waals surface area contributed by atoms with Crippen LogP contribution in [-0.2, 0) is 6.54 Å². The van der Waals surface area contributed by atoms with E-state index in [0.29, 0.717) is 0 Å². The first-order valence-corrected chi connectivity index (χ1v) is 7.81. The van der Waals surface area contributed by atoms with Crippen LogP contribution in [0, 0.1) is 5.92 Å². The lowest BCUT2D eigenvalue weighted by Gasteiger charge is -2.37. The van der Waals surface area contributed by atoms with Gasteiger partial charge in [0.2, 0.25) is 0 Å². The number of anilines is 1. The van der Waals surface area contributed by atoms with E-state index in [1.165, 1.54) is 37.7 Å². The van der Waals surface area contributed by atoms with E-state index in [-0.39, 0.29) is 0 Å². The summed E-state index contributed by atoms with van der Waals surface area (Å²) in [6.45, 7) is 6.83. The van der Waals surface area contributed by atoms with Crippen LogP contribution in [0.25, 0.3) is 0 Å². The zero-order valence-corrected chi connectivity index (χ0v) is 12.4. The quantitative estimate of drug-likeness (QED) is 0.809. The summed E-state index contributed by atoms with van der Waals surface area (Å²) in [6, 6.07) is 9.13. The zero-order chi connectivity index (χ0) is 13.7. The molecule has 2 unspecified atom stereocenters. The minimum absolute atomic E-state index is 0.779. The van der Waals surface area contributed by atoms with E-state index < -0.39 is 0 Å². The summed E-state index contributed by atoms with van der Waals surface area (Å²) in [5.41, 5.74) is 8.00. The van der Waals surface area contributed by atoms with Crippen molar-refractivity contribution in [2.75, 3.05) is 12.3 Å². The second-order valence-electron chi connectivity index (χ2n) is 5.90. The molecule has 2 nitrogen and oxygen atoms in total. The molecular formula is C17H28N2. The second kappa shape index (κ2) is 6.95. The van der Waals surface area contributed by atoms with Crippen molar-refractivity contribution < 1.29 is 0 Å². The van der Waals surface area contributed by atoms with Gasteiger partial charge in [-0.2, -0.15) is 0 Å². The summed E-state index contributed by atoms with van der Waals surface area (Å²) < 4.78 is 0. The molecule has 2 heteroatoms. The van der Waals surface area contributed by atoms with E-state index in [9.17, 15) is 0 Å². The smallest absolute Gasteiger partial charge is 0.0314 e. The zero-order valence-electron chi connectivity index (χ0n) is 12.4. The van der Waals surface area contributed by atoms with E-state index in [1.807, 2.05) is 12.1 Å². The summed E-state index contributed by atoms with van der Waals surface area (Å²) in [5, 5.41) is 0. The molecule has 2 rings (SSSR count). The van der Waals surface area contributed by atoms with Crippen LogP contribution in [0.5, 0.6) is 0 Å². The van der Waals surface area contributed by atoms with Crippen molar-refractivity contribution in [1.82, 2.24) is 4.90 Å². The standard InChI is InChI=1S/C17H28N2/c1-3-14-6-5-7-17(12-14)19(4-2)13-15-8-10-16(18)11-9-15/h8-11,14,17H,3-7,12-13,18H2,1-2H3. The fourth-order valence-electron chi connectivity index (χ4n) is 3.32. The molecule has 1 aromatic carbocycles. The Bertz CT molecular complexity index is 371. The van der Waals surface area contributed by atoms with Crippen LogP contribution < -0.4 is 5.73 Å². The third kappa shape index (κ3) is 3.97. The van der Waals surface area contributed by atoms with Gasteiger partial charge >= 0.3 is 0 Å². The van der Waals surface area contributed by atoms with Gasteiger partial charge in [0.15, 0.2) is 0 Å². The number of benzene rings is 1. The first kappa shape index (κ1) is 14.4. The van der Waals surface area contributed by atoms with Crippen molar-refractivity contribution in [3.8, 4) is 0 Å². The van der Waals surface area contributed by atoms with Crippen molar-refractivity contribution in [2.24, 2.45) is 5.92 Å². The van der Waals surface area contributed by atoms with Gasteiger partial charge in [-0.25, -0.2) is 0 Å². The minimum atomic E-state index is 0.779. The Kier molecular flexibility index (Phi) is 5.26. The van der Waals surface area contributed by atoms with Gasteiger partial charge in [0.25, 0.3) is 0 Å². The Morgan fingerprint density at radius 3 is 2.53 bits per heavy atom. The molecule has 106 valence electrons. The topological polar surface area (TPSA) is 29.3 Å². The SMILES string of the molecule is CCC1CCCC(N(CC)Cc2ccc(N)cc2)C1. The first-order chi connectivity index (χ1) is 9.22. The average molecular weight is 260 g/mol. The molecule has 1 aliphatic carbocycles. The Labute approximate surface area is 118 Å². The Morgan fingerprint density at radius 2 is 1.89 bits per heavy atom. The lowest BCUT2D eigenvalue weighted by Crippen LogP contribution is -2.38. The third-order valence-electron chi connectivity index (χ3n) is 4.62. The fraction of sp³-hybridized carbons (Fsp3) is 0.647. The van der Waals surface area contributed by atoms with E-state index >= 15 is 0 Å². The largest absolute Gasteiger partial charge is 0.399 e. The average Bonchev–Trinajstić information content (AvgIpc) is 2.46. The third-order valence-corrected chi connectivity index (χ3v) is 4.62. The summed E-state index contributed by atoms with van der Waals surface area (Å²) >= 11 is 0. The molecule has 0 amide bonds. The maximum Gasteiger partial charge on any atom is 0.0314 e. The normalized spacial score (nSPS) is 23.7. The number of hydrogen-bond donors (Lipinski definition) is 1. The van der Waals surface area contributed by atoms with Gasteiger partial charge in [-0.05, 0) is 43.0 Å². The van der Waals surface area contributed by atoms with Crippen LogP contribution >= 0.6 is 0 Å². The summed E-state index contributed by atoms with van der Waals surface area (Å²) in [5.74, 6) is 0.944. The second-order valence-corrected chi connectivity index (χ2v) is 5.90. The van der Waals surface area contributed by atoms with Crippen molar-refractivity contribution in [1.29, 1.82) is 0 Å². The van der Waals surface area contributed by atoms with E-state index in [1.54, 1.807) is 0 Å². The van der Waals surface area contributed by atoms with Gasteiger partial charge < -0.3 is 5.73 Å². The Hall–Kier alpha value is -1.02. The highest BCUT2D eigenvalue weighted by Gasteiger charge is 2.24. The number of hydrogen-bond acceptors (Lipinski definition) is 2. The van der Waals surface area contributed by atoms with Crippen LogP contribution in [0.1, 0.15) is 51.5 Å². The van der Waals surface area contributed by atoms with Gasteiger partial charge in [0, 0.05) is 18.3 Å². The van der Waals surface area contributed by atoms with E-state index in [2.05, 4.69) is 30.9 Å². The lowest BCUT2D eigenvalue weighted by molar-refractivity contribution is 0.127. The van der Waals surface area contributed by atoms with Gasteiger partial charge in [-0.1, -0.05) is 45.2 Å². The molecule has 0 aromatic heterocycles. The summed E-state index contributed by atoms with van der Waals surface area (Å²) in [7, 11) is 0. The Morgan fingerprint density at radius 1 is 1.16 bits per heavy atom. The summed E-state index contributed by atoms with van der Waals surface area (Å²) in [6.07, 6.45) is 6.95. The highest BCUT2D eigenvalue weighted by atomic mass is 15.1. The van der Waals surface area contributed by atoms with Gasteiger partial charge in [-0.3, -0.25) is 4.90 Å². The molecule has 19 heavy (non-hydrogen) atoms. The monoisotopic (exact) mass is 260 g/mol. The Balaban J connectivity index is 1.97. The van der Waals surface area contributed by atoms with E-state index in [0.717, 1.165) is 30.7 Å². The maximum atomic E-state index is 5.76. The maximum absolute atomic E-state index is 5.76. The molecule has 1 saturated carbocycles. The highest BCUT2D eigenvalue weighted by Crippen LogP contribution is 2.30. The van der Waals surface area contributed by atoms with Gasteiger partial charge in [-0.15, -0.1) is 0 Å². The molecule has 0 radical (unpaired) electrons. The van der Waals surface area contributed by atoms with Crippen molar-refractivity contribution in [2.45, 2.75) is 58.5 Å². The molecule has 1 aromatic rings. The van der Waals surface area contributed by atoms with Crippen molar-refractivity contribution in [3.05, 3.63) is 29.8 Å². The molecule has 2 atom stereocenters. The predicted octanol–water partition coefficient (Wildman–Crippen LogP) is 4.06. The number of nitrogen functional groups attached to an aromatic ring is 1. The molecule has 0 heterocycles. The number of rotatable bonds is 5. The van der Waals surface area contributed by atoms with Crippen LogP contribution in [0.3, 0.4) is 0 Å². The molecule has 0 spiro atoms. The van der Waals surface area contributed by atoms with Crippen molar-refractivity contribution in [3.63, 3.8) is 0 Å². The van der Waals surface area contributed by atoms with Crippen LogP contribution in [-0.4, -0.2) is 17.5 Å².